The van der Waals surface area contributed by atoms with Crippen molar-refractivity contribution in [2.24, 2.45) is 0 Å². The van der Waals surface area contributed by atoms with E-state index in [0.717, 1.165) is 5.56 Å². The summed E-state index contributed by atoms with van der Waals surface area (Å²) in [6, 6.07) is 26.5. The molecule has 0 saturated heterocycles. The van der Waals surface area contributed by atoms with Gasteiger partial charge in [0, 0.05) is 5.02 Å². The topological polar surface area (TPSA) is 75.7 Å². The van der Waals surface area contributed by atoms with Crippen molar-refractivity contribution in [3.05, 3.63) is 118 Å². The van der Waals surface area contributed by atoms with Gasteiger partial charge < -0.3 is 10.1 Å². The molecule has 0 fully saturated rings. The second kappa shape index (κ2) is 11.0. The molecular formula is C27H22Cl2N2O4S. The summed E-state index contributed by atoms with van der Waals surface area (Å²) in [6.07, 6.45) is 0. The van der Waals surface area contributed by atoms with Crippen LogP contribution in [0, 0.1) is 0 Å². The van der Waals surface area contributed by atoms with Crippen molar-refractivity contribution in [1.82, 2.24) is 0 Å². The number of hydrogen-bond acceptors (Lipinski definition) is 4. The van der Waals surface area contributed by atoms with Crippen LogP contribution in [0.2, 0.25) is 10.0 Å². The SMILES string of the molecule is COc1ccc(S(=O)(=O)N(Cc2ccccc2)c2ccccc2C(=O)Nc2cc(Cl)ccc2Cl)cc1. The van der Waals surface area contributed by atoms with Crippen LogP contribution in [-0.2, 0) is 16.6 Å². The van der Waals surface area contributed by atoms with Gasteiger partial charge in [-0.2, -0.15) is 0 Å². The van der Waals surface area contributed by atoms with Crippen LogP contribution in [0.1, 0.15) is 15.9 Å². The minimum absolute atomic E-state index is 0.0113. The van der Waals surface area contributed by atoms with E-state index in [2.05, 4.69) is 5.32 Å². The van der Waals surface area contributed by atoms with Gasteiger partial charge in [-0.15, -0.1) is 0 Å². The van der Waals surface area contributed by atoms with Gasteiger partial charge in [0.15, 0.2) is 0 Å². The van der Waals surface area contributed by atoms with E-state index >= 15 is 0 Å². The highest BCUT2D eigenvalue weighted by Gasteiger charge is 2.29. The number of carbonyl (C=O) groups is 1. The van der Waals surface area contributed by atoms with E-state index < -0.39 is 15.9 Å². The summed E-state index contributed by atoms with van der Waals surface area (Å²) in [7, 11) is -2.56. The van der Waals surface area contributed by atoms with E-state index in [9.17, 15) is 13.2 Å². The molecule has 0 radical (unpaired) electrons. The van der Waals surface area contributed by atoms with Gasteiger partial charge in [0.05, 0.1) is 40.5 Å². The lowest BCUT2D eigenvalue weighted by Gasteiger charge is -2.27. The second-order valence-electron chi connectivity index (χ2n) is 7.77. The van der Waals surface area contributed by atoms with Crippen LogP contribution in [0.4, 0.5) is 11.4 Å². The molecule has 4 rings (SSSR count). The molecule has 0 spiro atoms. The number of methoxy groups -OCH3 is 1. The van der Waals surface area contributed by atoms with Crippen molar-refractivity contribution in [1.29, 1.82) is 0 Å². The zero-order valence-corrected chi connectivity index (χ0v) is 21.5. The lowest BCUT2D eigenvalue weighted by Crippen LogP contribution is -2.32. The predicted molar refractivity (Wildman–Crippen MR) is 144 cm³/mol. The van der Waals surface area contributed by atoms with E-state index in [1.54, 1.807) is 48.5 Å². The third-order valence-corrected chi connectivity index (χ3v) is 7.75. The molecule has 4 aromatic carbocycles. The molecule has 0 unspecified atom stereocenters. The molecule has 4 aromatic rings. The fraction of sp³-hybridized carbons (Fsp3) is 0.0741. The summed E-state index contributed by atoms with van der Waals surface area (Å²) in [4.78, 5) is 13.4. The predicted octanol–water partition coefficient (Wildman–Crippen LogP) is 6.65. The number of carbonyl (C=O) groups excluding carboxylic acids is 1. The number of benzene rings is 4. The molecule has 0 aromatic heterocycles. The number of amides is 1. The average Bonchev–Trinajstić information content (AvgIpc) is 2.90. The number of hydrogen-bond donors (Lipinski definition) is 1. The van der Waals surface area contributed by atoms with Crippen LogP contribution in [0.3, 0.4) is 0 Å². The summed E-state index contributed by atoms with van der Waals surface area (Å²) >= 11 is 12.3. The molecule has 0 aliphatic rings. The van der Waals surface area contributed by atoms with Crippen LogP contribution in [0.25, 0.3) is 0 Å². The monoisotopic (exact) mass is 540 g/mol. The molecule has 6 nitrogen and oxygen atoms in total. The summed E-state index contributed by atoms with van der Waals surface area (Å²) < 4.78 is 34.2. The summed E-state index contributed by atoms with van der Waals surface area (Å²) in [6.45, 7) is 0.0113. The van der Waals surface area contributed by atoms with Gasteiger partial charge >= 0.3 is 0 Å². The molecular weight excluding hydrogens is 519 g/mol. The molecule has 0 saturated carbocycles. The van der Waals surface area contributed by atoms with Gasteiger partial charge in [0.25, 0.3) is 15.9 Å². The molecule has 0 bridgehead atoms. The number of nitrogens with one attached hydrogen (secondary N) is 1. The van der Waals surface area contributed by atoms with E-state index in [4.69, 9.17) is 27.9 Å². The van der Waals surface area contributed by atoms with E-state index in [1.807, 2.05) is 30.3 Å². The number of halogens is 2. The molecule has 0 heterocycles. The molecule has 184 valence electrons. The van der Waals surface area contributed by atoms with Crippen LogP contribution in [0.5, 0.6) is 5.75 Å². The van der Waals surface area contributed by atoms with E-state index in [1.165, 1.54) is 29.6 Å². The molecule has 36 heavy (non-hydrogen) atoms. The first kappa shape index (κ1) is 25.6. The first-order valence-electron chi connectivity index (χ1n) is 10.9. The van der Waals surface area contributed by atoms with E-state index in [-0.39, 0.29) is 22.7 Å². The molecule has 9 heteroatoms. The third-order valence-electron chi connectivity index (χ3n) is 5.41. The average molecular weight is 541 g/mol. The van der Waals surface area contributed by atoms with Crippen molar-refractivity contribution >= 4 is 50.5 Å². The van der Waals surface area contributed by atoms with Gasteiger partial charge in [-0.25, -0.2) is 8.42 Å². The minimum atomic E-state index is -4.07. The quantitative estimate of drug-likeness (QED) is 0.271. The lowest BCUT2D eigenvalue weighted by molar-refractivity contribution is 0.102. The van der Waals surface area contributed by atoms with Crippen molar-refractivity contribution in [2.45, 2.75) is 11.4 Å². The first-order valence-corrected chi connectivity index (χ1v) is 13.1. The number of ether oxygens (including phenoxy) is 1. The van der Waals surface area contributed by atoms with Crippen molar-refractivity contribution in [2.75, 3.05) is 16.7 Å². The van der Waals surface area contributed by atoms with Gasteiger partial charge in [0.1, 0.15) is 5.75 Å². The number of para-hydroxylation sites is 1. The van der Waals surface area contributed by atoms with Gasteiger partial charge in [0.2, 0.25) is 0 Å². The van der Waals surface area contributed by atoms with Crippen molar-refractivity contribution in [3.8, 4) is 5.75 Å². The molecule has 0 aliphatic carbocycles. The maximum Gasteiger partial charge on any atom is 0.264 e. The number of anilines is 2. The van der Waals surface area contributed by atoms with Gasteiger partial charge in [-0.05, 0) is 60.2 Å². The number of nitrogens with zero attached hydrogens (tertiary/aromatic N) is 1. The molecule has 0 atom stereocenters. The summed E-state index contributed by atoms with van der Waals surface area (Å²) in [5, 5.41) is 3.44. The van der Waals surface area contributed by atoms with Crippen LogP contribution in [0.15, 0.2) is 102 Å². The Bertz CT molecular complexity index is 1480. The van der Waals surface area contributed by atoms with Crippen LogP contribution < -0.4 is 14.4 Å². The lowest BCUT2D eigenvalue weighted by atomic mass is 10.1. The second-order valence-corrected chi connectivity index (χ2v) is 10.5. The van der Waals surface area contributed by atoms with Crippen LogP contribution >= 0.6 is 23.2 Å². The van der Waals surface area contributed by atoms with Gasteiger partial charge in [-0.1, -0.05) is 65.7 Å². The Hall–Kier alpha value is -3.52. The Morgan fingerprint density at radius 2 is 1.56 bits per heavy atom. The largest absolute Gasteiger partial charge is 0.497 e. The summed E-state index contributed by atoms with van der Waals surface area (Å²) in [5.74, 6) is -0.000466. The Balaban J connectivity index is 1.79. The van der Waals surface area contributed by atoms with Gasteiger partial charge in [-0.3, -0.25) is 9.10 Å². The van der Waals surface area contributed by atoms with Crippen molar-refractivity contribution in [3.63, 3.8) is 0 Å². The highest BCUT2D eigenvalue weighted by atomic mass is 35.5. The van der Waals surface area contributed by atoms with Crippen molar-refractivity contribution < 1.29 is 17.9 Å². The Morgan fingerprint density at radius 1 is 0.889 bits per heavy atom. The fourth-order valence-corrected chi connectivity index (χ4v) is 5.40. The zero-order valence-electron chi connectivity index (χ0n) is 19.2. The minimum Gasteiger partial charge on any atom is -0.497 e. The number of sulfonamides is 1. The third kappa shape index (κ3) is 5.65. The molecule has 1 N–H and O–H groups in total. The first-order chi connectivity index (χ1) is 17.3. The smallest absolute Gasteiger partial charge is 0.264 e. The van der Waals surface area contributed by atoms with E-state index in [0.29, 0.717) is 21.5 Å². The highest BCUT2D eigenvalue weighted by molar-refractivity contribution is 7.92. The standard InChI is InChI=1S/C27H22Cl2N2O4S/c1-35-21-12-14-22(15-13-21)36(33,34)31(18-19-7-3-2-4-8-19)26-10-6-5-9-23(26)27(32)30-25-17-20(28)11-16-24(25)29/h2-17H,18H2,1H3,(H,30,32). The zero-order chi connectivity index (χ0) is 25.7. The highest BCUT2D eigenvalue weighted by Crippen LogP contribution is 2.32. The normalized spacial score (nSPS) is 11.1. The maximum absolute atomic E-state index is 13.9. The maximum atomic E-state index is 13.9. The molecule has 1 amide bonds. The Morgan fingerprint density at radius 3 is 2.25 bits per heavy atom. The Kier molecular flexibility index (Phi) is 7.84. The molecule has 0 aliphatic heterocycles. The number of rotatable bonds is 8. The van der Waals surface area contributed by atoms with Crippen LogP contribution in [-0.4, -0.2) is 21.4 Å². The summed E-state index contributed by atoms with van der Waals surface area (Å²) in [5.41, 5.74) is 1.44. The fourth-order valence-electron chi connectivity index (χ4n) is 3.59. The Labute approximate surface area is 220 Å².